The van der Waals surface area contributed by atoms with E-state index in [1.165, 1.54) is 23.5 Å². The lowest BCUT2D eigenvalue weighted by Gasteiger charge is -2.18. The Kier molecular flexibility index (Phi) is 6.80. The number of halogens is 1. The number of nitrogens with zero attached hydrogens (tertiary/aromatic N) is 1. The first-order valence-corrected chi connectivity index (χ1v) is 10.3. The van der Waals surface area contributed by atoms with Crippen LogP contribution in [0.5, 0.6) is 5.75 Å². The predicted molar refractivity (Wildman–Crippen MR) is 105 cm³/mol. The first-order chi connectivity index (χ1) is 12.3. The molecule has 0 aliphatic heterocycles. The molecule has 1 amide bonds. The number of hydrogen-bond donors (Lipinski definition) is 1. The zero-order chi connectivity index (χ0) is 19.3. The van der Waals surface area contributed by atoms with Gasteiger partial charge in [0.15, 0.2) is 0 Å². The van der Waals surface area contributed by atoms with Crippen molar-refractivity contribution < 1.29 is 17.9 Å². The zero-order valence-electron chi connectivity index (χ0n) is 14.8. The van der Waals surface area contributed by atoms with Crippen LogP contribution in [-0.2, 0) is 10.0 Å². The summed E-state index contributed by atoms with van der Waals surface area (Å²) in [6.45, 7) is 4.28. The van der Waals surface area contributed by atoms with Crippen molar-refractivity contribution in [2.75, 3.05) is 25.5 Å². The molecule has 0 fully saturated rings. The lowest BCUT2D eigenvalue weighted by molar-refractivity contribution is 0.102. The average Bonchev–Trinajstić information content (AvgIpc) is 2.63. The van der Waals surface area contributed by atoms with Crippen LogP contribution in [-0.4, -0.2) is 38.8 Å². The highest BCUT2D eigenvalue weighted by Crippen LogP contribution is 2.28. The highest BCUT2D eigenvalue weighted by Gasteiger charge is 2.22. The van der Waals surface area contributed by atoms with Gasteiger partial charge < -0.3 is 10.1 Å². The molecule has 26 heavy (non-hydrogen) atoms. The second kappa shape index (κ2) is 8.66. The second-order valence-electron chi connectivity index (χ2n) is 5.42. The van der Waals surface area contributed by atoms with E-state index in [4.69, 9.17) is 4.74 Å². The van der Waals surface area contributed by atoms with E-state index < -0.39 is 15.9 Å². The van der Waals surface area contributed by atoms with E-state index in [9.17, 15) is 13.2 Å². The van der Waals surface area contributed by atoms with E-state index in [1.54, 1.807) is 44.2 Å². The van der Waals surface area contributed by atoms with Crippen molar-refractivity contribution in [1.82, 2.24) is 4.31 Å². The third-order valence-corrected chi connectivity index (χ3v) is 6.39. The van der Waals surface area contributed by atoms with Crippen LogP contribution >= 0.6 is 15.9 Å². The van der Waals surface area contributed by atoms with Gasteiger partial charge in [-0.05, 0) is 36.4 Å². The molecule has 2 aromatic carbocycles. The van der Waals surface area contributed by atoms with Crippen LogP contribution in [0.3, 0.4) is 0 Å². The molecule has 0 aliphatic rings. The van der Waals surface area contributed by atoms with Crippen LogP contribution in [0.2, 0.25) is 0 Å². The molecule has 6 nitrogen and oxygen atoms in total. The van der Waals surface area contributed by atoms with Crippen LogP contribution in [0.15, 0.2) is 51.8 Å². The fourth-order valence-electron chi connectivity index (χ4n) is 2.48. The standard InChI is InChI=1S/C18H21BrN2O4S/c1-4-21(5-2)26(23,24)15-8-6-7-13(11-15)18(22)20-16-12-14(19)9-10-17(16)25-3/h6-12H,4-5H2,1-3H3,(H,20,22). The van der Waals surface area contributed by atoms with Crippen molar-refractivity contribution in [2.45, 2.75) is 18.7 Å². The minimum atomic E-state index is -3.63. The summed E-state index contributed by atoms with van der Waals surface area (Å²) in [5.41, 5.74) is 0.740. The number of ether oxygens (including phenoxy) is 1. The smallest absolute Gasteiger partial charge is 0.255 e. The Morgan fingerprint density at radius 2 is 1.85 bits per heavy atom. The minimum Gasteiger partial charge on any atom is -0.495 e. The monoisotopic (exact) mass is 440 g/mol. The molecule has 2 aromatic rings. The first-order valence-electron chi connectivity index (χ1n) is 8.08. The van der Waals surface area contributed by atoms with Gasteiger partial charge in [0.05, 0.1) is 17.7 Å². The van der Waals surface area contributed by atoms with Crippen LogP contribution in [0.25, 0.3) is 0 Å². The minimum absolute atomic E-state index is 0.0926. The van der Waals surface area contributed by atoms with E-state index in [-0.39, 0.29) is 10.5 Å². The predicted octanol–water partition coefficient (Wildman–Crippen LogP) is 3.74. The fourth-order valence-corrected chi connectivity index (χ4v) is 4.35. The van der Waals surface area contributed by atoms with Crippen molar-refractivity contribution in [1.29, 1.82) is 0 Å². The van der Waals surface area contributed by atoms with Crippen molar-refractivity contribution in [3.63, 3.8) is 0 Å². The SMILES string of the molecule is CCN(CC)S(=O)(=O)c1cccc(C(=O)Nc2cc(Br)ccc2OC)c1. The molecule has 0 heterocycles. The van der Waals surface area contributed by atoms with Crippen molar-refractivity contribution in [3.05, 3.63) is 52.5 Å². The molecule has 0 radical (unpaired) electrons. The maximum atomic E-state index is 12.6. The average molecular weight is 441 g/mol. The molecule has 1 N–H and O–H groups in total. The second-order valence-corrected chi connectivity index (χ2v) is 8.27. The molecular weight excluding hydrogens is 420 g/mol. The number of carbonyl (C=O) groups is 1. The molecule has 2 rings (SSSR count). The summed E-state index contributed by atoms with van der Waals surface area (Å²) in [5, 5.41) is 2.75. The van der Waals surface area contributed by atoms with Crippen LogP contribution in [0.1, 0.15) is 24.2 Å². The number of hydrogen-bond acceptors (Lipinski definition) is 4. The molecule has 140 valence electrons. The maximum absolute atomic E-state index is 12.6. The Bertz CT molecular complexity index is 896. The van der Waals surface area contributed by atoms with Crippen molar-refractivity contribution in [2.24, 2.45) is 0 Å². The van der Waals surface area contributed by atoms with Crippen LogP contribution in [0, 0.1) is 0 Å². The zero-order valence-corrected chi connectivity index (χ0v) is 17.2. The molecule has 0 saturated carbocycles. The number of amides is 1. The highest BCUT2D eigenvalue weighted by atomic mass is 79.9. The summed E-state index contributed by atoms with van der Waals surface area (Å²) < 4.78 is 32.7. The summed E-state index contributed by atoms with van der Waals surface area (Å²) in [7, 11) is -2.12. The third-order valence-electron chi connectivity index (χ3n) is 3.85. The largest absolute Gasteiger partial charge is 0.495 e. The first kappa shape index (κ1) is 20.4. The summed E-state index contributed by atoms with van der Waals surface area (Å²) in [6.07, 6.45) is 0. The number of benzene rings is 2. The lowest BCUT2D eigenvalue weighted by Crippen LogP contribution is -2.30. The number of anilines is 1. The van der Waals surface area contributed by atoms with E-state index in [0.717, 1.165) is 4.47 Å². The van der Waals surface area contributed by atoms with E-state index in [2.05, 4.69) is 21.2 Å². The number of methoxy groups -OCH3 is 1. The molecule has 0 saturated heterocycles. The number of nitrogens with one attached hydrogen (secondary N) is 1. The van der Waals surface area contributed by atoms with Crippen molar-refractivity contribution >= 4 is 37.5 Å². The molecule has 0 atom stereocenters. The molecule has 0 spiro atoms. The maximum Gasteiger partial charge on any atom is 0.255 e. The Labute approximate surface area is 162 Å². The molecule has 0 aliphatic carbocycles. The quantitative estimate of drug-likeness (QED) is 0.711. The van der Waals surface area contributed by atoms with Gasteiger partial charge >= 0.3 is 0 Å². The van der Waals surface area contributed by atoms with Crippen molar-refractivity contribution in [3.8, 4) is 5.75 Å². The Morgan fingerprint density at radius 1 is 1.15 bits per heavy atom. The van der Waals surface area contributed by atoms with Crippen LogP contribution in [0.4, 0.5) is 5.69 Å². The molecule has 0 bridgehead atoms. The van der Waals surface area contributed by atoms with Crippen LogP contribution < -0.4 is 10.1 Å². The molecule has 0 aromatic heterocycles. The summed E-state index contributed by atoms with van der Waals surface area (Å²) >= 11 is 3.35. The van der Waals surface area contributed by atoms with Gasteiger partial charge in [-0.1, -0.05) is 35.8 Å². The van der Waals surface area contributed by atoms with E-state index >= 15 is 0 Å². The number of sulfonamides is 1. The van der Waals surface area contributed by atoms with Gasteiger partial charge in [0.25, 0.3) is 5.91 Å². The fraction of sp³-hybridized carbons (Fsp3) is 0.278. The Morgan fingerprint density at radius 3 is 2.46 bits per heavy atom. The van der Waals surface area contributed by atoms with Gasteiger partial charge in [0.2, 0.25) is 10.0 Å². The van der Waals surface area contributed by atoms with E-state index in [1.807, 2.05) is 0 Å². The van der Waals surface area contributed by atoms with Gasteiger partial charge in [-0.15, -0.1) is 0 Å². The Balaban J connectivity index is 2.33. The van der Waals surface area contributed by atoms with Gasteiger partial charge in [-0.2, -0.15) is 4.31 Å². The van der Waals surface area contributed by atoms with Gasteiger partial charge in [0.1, 0.15) is 5.75 Å². The molecule has 8 heteroatoms. The lowest BCUT2D eigenvalue weighted by atomic mass is 10.2. The normalized spacial score (nSPS) is 11.4. The summed E-state index contributed by atoms with van der Waals surface area (Å²) in [6, 6.07) is 11.2. The van der Waals surface area contributed by atoms with Gasteiger partial charge in [-0.25, -0.2) is 8.42 Å². The number of rotatable bonds is 7. The van der Waals surface area contributed by atoms with E-state index in [0.29, 0.717) is 24.5 Å². The topological polar surface area (TPSA) is 75.7 Å². The molecule has 0 unspecified atom stereocenters. The van der Waals surface area contributed by atoms with Gasteiger partial charge in [0, 0.05) is 23.1 Å². The summed E-state index contributed by atoms with van der Waals surface area (Å²) in [5.74, 6) is 0.0893. The summed E-state index contributed by atoms with van der Waals surface area (Å²) in [4.78, 5) is 12.7. The number of carbonyl (C=O) groups excluding carboxylic acids is 1. The molecular formula is C18H21BrN2O4S. The highest BCUT2D eigenvalue weighted by molar-refractivity contribution is 9.10. The van der Waals surface area contributed by atoms with Gasteiger partial charge in [-0.3, -0.25) is 4.79 Å². The Hall–Kier alpha value is -1.90. The third kappa shape index (κ3) is 4.44.